The van der Waals surface area contributed by atoms with Gasteiger partial charge in [0.05, 0.1) is 11.7 Å². The normalized spacial score (nSPS) is 16.7. The molecule has 0 aromatic heterocycles. The predicted molar refractivity (Wildman–Crippen MR) is 74.8 cm³/mol. The Morgan fingerprint density at radius 3 is 2.63 bits per heavy atom. The van der Waals surface area contributed by atoms with Crippen LogP contribution in [0.25, 0.3) is 0 Å². The Morgan fingerprint density at radius 1 is 1.42 bits per heavy atom. The second kappa shape index (κ2) is 6.01. The molecule has 0 saturated carbocycles. The van der Waals surface area contributed by atoms with E-state index in [0.717, 1.165) is 12.8 Å². The van der Waals surface area contributed by atoms with Gasteiger partial charge in [0.25, 0.3) is 5.91 Å². The van der Waals surface area contributed by atoms with E-state index in [1.54, 1.807) is 25.0 Å². The van der Waals surface area contributed by atoms with E-state index in [0.29, 0.717) is 28.7 Å². The number of aryl methyl sites for hydroxylation is 1. The van der Waals surface area contributed by atoms with Gasteiger partial charge in [-0.3, -0.25) is 4.79 Å². The van der Waals surface area contributed by atoms with Crippen LogP contribution in [0.2, 0.25) is 0 Å². The zero-order chi connectivity index (χ0) is 14.0. The molecule has 0 aliphatic carbocycles. The maximum absolute atomic E-state index is 13.6. The number of halogens is 2. The molecule has 1 aromatic rings. The molecule has 0 bridgehead atoms. The highest BCUT2D eigenvalue weighted by atomic mass is 79.9. The van der Waals surface area contributed by atoms with Crippen molar-refractivity contribution in [2.45, 2.75) is 25.9 Å². The first-order valence-corrected chi connectivity index (χ1v) is 7.10. The fourth-order valence-electron chi connectivity index (χ4n) is 2.28. The van der Waals surface area contributed by atoms with E-state index in [1.165, 1.54) is 6.07 Å². The fourth-order valence-corrected chi connectivity index (χ4v) is 2.90. The van der Waals surface area contributed by atoms with Crippen molar-refractivity contribution in [2.24, 2.45) is 0 Å². The van der Waals surface area contributed by atoms with Crippen molar-refractivity contribution < 1.29 is 13.9 Å². The van der Waals surface area contributed by atoms with Crippen molar-refractivity contribution in [3.63, 3.8) is 0 Å². The number of methoxy groups -OCH3 is 1. The number of likely N-dealkylation sites (tertiary alicyclic amines) is 1. The van der Waals surface area contributed by atoms with Crippen molar-refractivity contribution in [1.82, 2.24) is 4.90 Å². The first kappa shape index (κ1) is 14.5. The topological polar surface area (TPSA) is 29.5 Å². The predicted octanol–water partition coefficient (Wildman–Crippen LogP) is 3.15. The van der Waals surface area contributed by atoms with Crippen LogP contribution < -0.4 is 0 Å². The van der Waals surface area contributed by atoms with E-state index in [-0.39, 0.29) is 17.8 Å². The Hall–Kier alpha value is -0.940. The number of carbonyl (C=O) groups excluding carboxylic acids is 1. The number of benzene rings is 1. The molecule has 19 heavy (non-hydrogen) atoms. The maximum atomic E-state index is 13.6. The highest BCUT2D eigenvalue weighted by Gasteiger charge is 2.25. The SMILES string of the molecule is COC1CCN(C(=O)c2cc(F)c(C)cc2Br)CC1. The molecule has 1 amide bonds. The summed E-state index contributed by atoms with van der Waals surface area (Å²) in [7, 11) is 1.69. The maximum Gasteiger partial charge on any atom is 0.255 e. The zero-order valence-corrected chi connectivity index (χ0v) is 12.7. The van der Waals surface area contributed by atoms with Crippen molar-refractivity contribution >= 4 is 21.8 Å². The number of amides is 1. The monoisotopic (exact) mass is 329 g/mol. The van der Waals surface area contributed by atoms with Crippen LogP contribution in [-0.2, 0) is 4.74 Å². The van der Waals surface area contributed by atoms with E-state index < -0.39 is 0 Å². The molecule has 1 saturated heterocycles. The molecule has 104 valence electrons. The summed E-state index contributed by atoms with van der Waals surface area (Å²) in [6.45, 7) is 2.98. The van der Waals surface area contributed by atoms with Crippen molar-refractivity contribution in [3.05, 3.63) is 33.5 Å². The summed E-state index contributed by atoms with van der Waals surface area (Å²) in [5, 5.41) is 0. The smallest absolute Gasteiger partial charge is 0.255 e. The van der Waals surface area contributed by atoms with Gasteiger partial charge in [0.15, 0.2) is 0 Å². The molecule has 2 rings (SSSR count). The lowest BCUT2D eigenvalue weighted by molar-refractivity contribution is 0.0350. The van der Waals surface area contributed by atoms with Gasteiger partial charge in [0.1, 0.15) is 5.82 Å². The minimum atomic E-state index is -0.349. The highest BCUT2D eigenvalue weighted by Crippen LogP contribution is 2.24. The molecule has 1 aromatic carbocycles. The fraction of sp³-hybridized carbons (Fsp3) is 0.500. The van der Waals surface area contributed by atoms with Gasteiger partial charge in [-0.05, 0) is 53.4 Å². The van der Waals surface area contributed by atoms with E-state index in [9.17, 15) is 9.18 Å². The molecule has 0 spiro atoms. The number of nitrogens with zero attached hydrogens (tertiary/aromatic N) is 1. The minimum Gasteiger partial charge on any atom is -0.381 e. The van der Waals surface area contributed by atoms with E-state index in [4.69, 9.17) is 4.74 Å². The van der Waals surface area contributed by atoms with Gasteiger partial charge in [0, 0.05) is 24.7 Å². The van der Waals surface area contributed by atoms with Gasteiger partial charge in [-0.1, -0.05) is 0 Å². The summed E-state index contributed by atoms with van der Waals surface area (Å²) in [6.07, 6.45) is 1.88. The van der Waals surface area contributed by atoms with E-state index in [2.05, 4.69) is 15.9 Å². The van der Waals surface area contributed by atoms with Gasteiger partial charge in [-0.2, -0.15) is 0 Å². The average molecular weight is 330 g/mol. The number of ether oxygens (including phenoxy) is 1. The third-order valence-electron chi connectivity index (χ3n) is 3.54. The molecule has 0 radical (unpaired) electrons. The lowest BCUT2D eigenvalue weighted by atomic mass is 10.1. The Balaban J connectivity index is 2.14. The average Bonchev–Trinajstić information content (AvgIpc) is 2.42. The van der Waals surface area contributed by atoms with Crippen LogP contribution >= 0.6 is 15.9 Å². The summed E-state index contributed by atoms with van der Waals surface area (Å²) in [6, 6.07) is 2.95. The van der Waals surface area contributed by atoms with Gasteiger partial charge in [0.2, 0.25) is 0 Å². The van der Waals surface area contributed by atoms with Crippen molar-refractivity contribution in [2.75, 3.05) is 20.2 Å². The van der Waals surface area contributed by atoms with Crippen molar-refractivity contribution in [3.8, 4) is 0 Å². The molecule has 3 nitrogen and oxygen atoms in total. The molecule has 0 unspecified atom stereocenters. The minimum absolute atomic E-state index is 0.125. The summed E-state index contributed by atoms with van der Waals surface area (Å²) in [5.74, 6) is -0.473. The second-order valence-corrected chi connectivity index (χ2v) is 5.66. The van der Waals surface area contributed by atoms with Gasteiger partial charge in [-0.25, -0.2) is 4.39 Å². The van der Waals surface area contributed by atoms with Gasteiger partial charge in [-0.15, -0.1) is 0 Å². The summed E-state index contributed by atoms with van der Waals surface area (Å²) in [4.78, 5) is 14.1. The van der Waals surface area contributed by atoms with Crippen LogP contribution in [0.3, 0.4) is 0 Å². The molecule has 1 aliphatic heterocycles. The highest BCUT2D eigenvalue weighted by molar-refractivity contribution is 9.10. The Kier molecular flexibility index (Phi) is 4.58. The molecule has 1 heterocycles. The third-order valence-corrected chi connectivity index (χ3v) is 4.20. The molecule has 1 fully saturated rings. The quantitative estimate of drug-likeness (QED) is 0.834. The van der Waals surface area contributed by atoms with Gasteiger partial charge >= 0.3 is 0 Å². The lowest BCUT2D eigenvalue weighted by Gasteiger charge is -2.31. The second-order valence-electron chi connectivity index (χ2n) is 4.81. The first-order chi connectivity index (χ1) is 9.02. The van der Waals surface area contributed by atoms with Gasteiger partial charge < -0.3 is 9.64 Å². The zero-order valence-electron chi connectivity index (χ0n) is 11.1. The molecular formula is C14H17BrFNO2. The number of carbonyl (C=O) groups is 1. The summed E-state index contributed by atoms with van der Waals surface area (Å²) >= 11 is 3.34. The summed E-state index contributed by atoms with van der Waals surface area (Å²) < 4.78 is 19.5. The van der Waals surface area contributed by atoms with Crippen molar-refractivity contribution in [1.29, 1.82) is 0 Å². The lowest BCUT2D eigenvalue weighted by Crippen LogP contribution is -2.40. The Morgan fingerprint density at radius 2 is 2.05 bits per heavy atom. The number of rotatable bonds is 2. The molecule has 0 atom stereocenters. The Bertz CT molecular complexity index is 485. The van der Waals surface area contributed by atoms with Crippen LogP contribution in [0.1, 0.15) is 28.8 Å². The Labute approximate surface area is 120 Å². The number of hydrogen-bond donors (Lipinski definition) is 0. The molecule has 5 heteroatoms. The van der Waals surface area contributed by atoms with Crippen LogP contribution in [-0.4, -0.2) is 37.1 Å². The van der Waals surface area contributed by atoms with Crippen LogP contribution in [0, 0.1) is 12.7 Å². The summed E-state index contributed by atoms with van der Waals surface area (Å²) in [5.41, 5.74) is 0.917. The first-order valence-electron chi connectivity index (χ1n) is 6.30. The van der Waals surface area contributed by atoms with Crippen LogP contribution in [0.5, 0.6) is 0 Å². The van der Waals surface area contributed by atoms with Crippen LogP contribution in [0.15, 0.2) is 16.6 Å². The molecule has 1 aliphatic rings. The number of piperidine rings is 1. The molecule has 0 N–H and O–H groups in total. The third kappa shape index (κ3) is 3.15. The van der Waals surface area contributed by atoms with E-state index >= 15 is 0 Å². The van der Waals surface area contributed by atoms with Crippen LogP contribution in [0.4, 0.5) is 4.39 Å². The largest absolute Gasteiger partial charge is 0.381 e. The number of hydrogen-bond acceptors (Lipinski definition) is 2. The standard InChI is InChI=1S/C14H17BrFNO2/c1-9-7-12(15)11(8-13(9)16)14(18)17-5-3-10(19-2)4-6-17/h7-8,10H,3-6H2,1-2H3. The molecular weight excluding hydrogens is 313 g/mol. The van der Waals surface area contributed by atoms with E-state index in [1.807, 2.05) is 0 Å².